The summed E-state index contributed by atoms with van der Waals surface area (Å²) in [5.41, 5.74) is 1.24. The van der Waals surface area contributed by atoms with Gasteiger partial charge in [-0.15, -0.1) is 0 Å². The van der Waals surface area contributed by atoms with Crippen molar-refractivity contribution in [3.8, 4) is 6.07 Å². The summed E-state index contributed by atoms with van der Waals surface area (Å²) in [6.45, 7) is 4.14. The maximum Gasteiger partial charge on any atom is 0.0686 e. The fraction of sp³-hybridized carbons (Fsp3) is 0.500. The molecule has 1 heteroatoms. The van der Waals surface area contributed by atoms with Gasteiger partial charge in [-0.3, -0.25) is 0 Å². The van der Waals surface area contributed by atoms with Crippen molar-refractivity contribution in [1.29, 1.82) is 5.26 Å². The molecule has 0 saturated heterocycles. The second kappa shape index (κ2) is 5.56. The largest absolute Gasteiger partial charge is 0.198 e. The van der Waals surface area contributed by atoms with Gasteiger partial charge in [-0.2, -0.15) is 5.26 Å². The summed E-state index contributed by atoms with van der Waals surface area (Å²) >= 11 is 0. The zero-order valence-corrected chi connectivity index (χ0v) is 9.66. The minimum absolute atomic E-state index is 0.130. The molecule has 0 spiro atoms. The molecule has 0 aliphatic rings. The Morgan fingerprint density at radius 3 is 2.47 bits per heavy atom. The summed E-state index contributed by atoms with van der Waals surface area (Å²) in [6, 6.07) is 12.9. The summed E-state index contributed by atoms with van der Waals surface area (Å²) in [6.07, 6.45) is 4.12. The van der Waals surface area contributed by atoms with E-state index in [-0.39, 0.29) is 5.41 Å². The Labute approximate surface area is 92.7 Å². The Morgan fingerprint density at radius 2 is 1.93 bits per heavy atom. The van der Waals surface area contributed by atoms with Gasteiger partial charge in [0.25, 0.3) is 0 Å². The fourth-order valence-corrected chi connectivity index (χ4v) is 1.64. The van der Waals surface area contributed by atoms with Crippen LogP contribution in [0.25, 0.3) is 0 Å². The zero-order chi connectivity index (χ0) is 11.1. The summed E-state index contributed by atoms with van der Waals surface area (Å²) in [5.74, 6) is 0. The molecule has 0 fully saturated rings. The zero-order valence-electron chi connectivity index (χ0n) is 9.66. The highest BCUT2D eigenvalue weighted by atomic mass is 14.3. The van der Waals surface area contributed by atoms with E-state index in [0.29, 0.717) is 0 Å². The first kappa shape index (κ1) is 11.8. The van der Waals surface area contributed by atoms with Crippen molar-refractivity contribution in [2.45, 2.75) is 39.5 Å². The number of hydrogen-bond acceptors (Lipinski definition) is 1. The lowest BCUT2D eigenvalue weighted by atomic mass is 9.83. The van der Waals surface area contributed by atoms with Crippen LogP contribution in [0.1, 0.15) is 38.7 Å². The smallest absolute Gasteiger partial charge is 0.0686 e. The molecule has 1 unspecified atom stereocenters. The average molecular weight is 201 g/mol. The first-order chi connectivity index (χ1) is 7.20. The Hall–Kier alpha value is -1.29. The van der Waals surface area contributed by atoms with Gasteiger partial charge in [-0.1, -0.05) is 37.3 Å². The lowest BCUT2D eigenvalue weighted by Gasteiger charge is -2.18. The molecule has 1 aromatic carbocycles. The highest BCUT2D eigenvalue weighted by Gasteiger charge is 2.20. The summed E-state index contributed by atoms with van der Waals surface area (Å²) in [4.78, 5) is 0. The second-order valence-corrected chi connectivity index (χ2v) is 4.37. The van der Waals surface area contributed by atoms with Crippen LogP contribution in [0.4, 0.5) is 0 Å². The van der Waals surface area contributed by atoms with Crippen LogP contribution >= 0.6 is 0 Å². The minimum atomic E-state index is -0.130. The molecule has 0 amide bonds. The van der Waals surface area contributed by atoms with Crippen molar-refractivity contribution in [1.82, 2.24) is 0 Å². The molecule has 1 nitrogen and oxygen atoms in total. The molecule has 80 valence electrons. The summed E-state index contributed by atoms with van der Waals surface area (Å²) in [7, 11) is 0. The van der Waals surface area contributed by atoms with Crippen molar-refractivity contribution >= 4 is 0 Å². The van der Waals surface area contributed by atoms with Crippen molar-refractivity contribution in [3.63, 3.8) is 0 Å². The Kier molecular flexibility index (Phi) is 4.37. The summed E-state index contributed by atoms with van der Waals surface area (Å²) < 4.78 is 0. The van der Waals surface area contributed by atoms with Crippen LogP contribution in [0, 0.1) is 16.7 Å². The Morgan fingerprint density at radius 1 is 1.27 bits per heavy atom. The maximum absolute atomic E-state index is 9.03. The molecular weight excluding hydrogens is 182 g/mol. The van der Waals surface area contributed by atoms with Gasteiger partial charge in [-0.25, -0.2) is 0 Å². The lowest BCUT2D eigenvalue weighted by molar-refractivity contribution is 0.378. The SMILES string of the molecule is CCC(C)(C#N)CCCc1ccccc1. The number of hydrogen-bond donors (Lipinski definition) is 0. The third-order valence-corrected chi connectivity index (χ3v) is 3.09. The van der Waals surface area contributed by atoms with Crippen LogP contribution in [-0.4, -0.2) is 0 Å². The molecule has 15 heavy (non-hydrogen) atoms. The third kappa shape index (κ3) is 3.75. The van der Waals surface area contributed by atoms with E-state index in [1.807, 2.05) is 6.07 Å². The number of nitriles is 1. The number of rotatable bonds is 5. The maximum atomic E-state index is 9.03. The van der Waals surface area contributed by atoms with E-state index in [4.69, 9.17) is 5.26 Å². The molecule has 0 N–H and O–H groups in total. The van der Waals surface area contributed by atoms with Crippen LogP contribution in [0.15, 0.2) is 30.3 Å². The fourth-order valence-electron chi connectivity index (χ4n) is 1.64. The number of aryl methyl sites for hydroxylation is 1. The van der Waals surface area contributed by atoms with Gasteiger partial charge >= 0.3 is 0 Å². The van der Waals surface area contributed by atoms with E-state index in [1.54, 1.807) is 0 Å². The molecule has 0 aliphatic heterocycles. The second-order valence-electron chi connectivity index (χ2n) is 4.37. The van der Waals surface area contributed by atoms with Crippen molar-refractivity contribution in [2.24, 2.45) is 5.41 Å². The standard InChI is InChI=1S/C14H19N/c1-3-14(2,12-15)11-7-10-13-8-5-4-6-9-13/h4-6,8-9H,3,7,10-11H2,1-2H3. The molecule has 0 aromatic heterocycles. The predicted molar refractivity (Wildman–Crippen MR) is 63.4 cm³/mol. The van der Waals surface area contributed by atoms with Crippen molar-refractivity contribution in [2.75, 3.05) is 0 Å². The minimum Gasteiger partial charge on any atom is -0.198 e. The molecule has 0 aliphatic carbocycles. The van der Waals surface area contributed by atoms with E-state index in [0.717, 1.165) is 25.7 Å². The van der Waals surface area contributed by atoms with E-state index in [1.165, 1.54) is 5.56 Å². The molecule has 0 radical (unpaired) electrons. The quantitative estimate of drug-likeness (QED) is 0.707. The molecule has 0 bridgehead atoms. The topological polar surface area (TPSA) is 23.8 Å². The van der Waals surface area contributed by atoms with Crippen molar-refractivity contribution in [3.05, 3.63) is 35.9 Å². The first-order valence-corrected chi connectivity index (χ1v) is 5.65. The third-order valence-electron chi connectivity index (χ3n) is 3.09. The molecular formula is C14H19N. The first-order valence-electron chi connectivity index (χ1n) is 5.65. The Bertz CT molecular complexity index is 323. The van der Waals surface area contributed by atoms with Gasteiger partial charge in [0.05, 0.1) is 11.5 Å². The van der Waals surface area contributed by atoms with Gasteiger partial charge in [0.2, 0.25) is 0 Å². The monoisotopic (exact) mass is 201 g/mol. The molecule has 1 aromatic rings. The van der Waals surface area contributed by atoms with E-state index < -0.39 is 0 Å². The highest BCUT2D eigenvalue weighted by Crippen LogP contribution is 2.26. The van der Waals surface area contributed by atoms with Crippen LogP contribution in [0.2, 0.25) is 0 Å². The molecule has 0 saturated carbocycles. The molecule has 0 heterocycles. The van der Waals surface area contributed by atoms with Gasteiger partial charge in [-0.05, 0) is 38.2 Å². The van der Waals surface area contributed by atoms with Gasteiger partial charge in [0.15, 0.2) is 0 Å². The molecule has 1 rings (SSSR count). The predicted octanol–water partition coefficient (Wildman–Crippen LogP) is 3.95. The average Bonchev–Trinajstić information content (AvgIpc) is 2.30. The Balaban J connectivity index is 2.37. The number of benzene rings is 1. The van der Waals surface area contributed by atoms with Gasteiger partial charge in [0, 0.05) is 0 Å². The van der Waals surface area contributed by atoms with E-state index in [9.17, 15) is 0 Å². The van der Waals surface area contributed by atoms with Crippen LogP contribution < -0.4 is 0 Å². The summed E-state index contributed by atoms with van der Waals surface area (Å²) in [5, 5.41) is 9.03. The van der Waals surface area contributed by atoms with Crippen LogP contribution in [-0.2, 0) is 6.42 Å². The van der Waals surface area contributed by atoms with Gasteiger partial charge in [0.1, 0.15) is 0 Å². The molecule has 1 atom stereocenters. The van der Waals surface area contributed by atoms with Crippen LogP contribution in [0.5, 0.6) is 0 Å². The lowest BCUT2D eigenvalue weighted by Crippen LogP contribution is -2.12. The number of nitrogens with zero attached hydrogens (tertiary/aromatic N) is 1. The van der Waals surface area contributed by atoms with E-state index >= 15 is 0 Å². The van der Waals surface area contributed by atoms with E-state index in [2.05, 4.69) is 44.2 Å². The van der Waals surface area contributed by atoms with Crippen LogP contribution in [0.3, 0.4) is 0 Å². The highest BCUT2D eigenvalue weighted by molar-refractivity contribution is 5.14. The normalized spacial score (nSPS) is 14.2. The van der Waals surface area contributed by atoms with Crippen molar-refractivity contribution < 1.29 is 0 Å². The van der Waals surface area contributed by atoms with Gasteiger partial charge < -0.3 is 0 Å².